The molecule has 0 aliphatic rings. The van der Waals surface area contributed by atoms with E-state index >= 15 is 0 Å². The lowest BCUT2D eigenvalue weighted by Crippen LogP contribution is -2.03. The zero-order valence-corrected chi connectivity index (χ0v) is 16.5. The van der Waals surface area contributed by atoms with Crippen molar-refractivity contribution in [3.63, 3.8) is 0 Å². The molecule has 0 atom stereocenters. The maximum atomic E-state index is 12.0. The third-order valence-electron chi connectivity index (χ3n) is 3.89. The molecule has 28 heavy (non-hydrogen) atoms. The van der Waals surface area contributed by atoms with E-state index in [1.54, 1.807) is 24.3 Å². The highest BCUT2D eigenvalue weighted by Gasteiger charge is 2.18. The summed E-state index contributed by atoms with van der Waals surface area (Å²) in [5.74, 6) is 0.0655. The van der Waals surface area contributed by atoms with Crippen LogP contribution in [0.25, 0.3) is 21.7 Å². The molecule has 0 saturated heterocycles. The quantitative estimate of drug-likeness (QED) is 0.159. The van der Waals surface area contributed by atoms with Crippen molar-refractivity contribution in [1.29, 1.82) is 0 Å². The Morgan fingerprint density at radius 3 is 2.54 bits per heavy atom. The fourth-order valence-corrected chi connectivity index (χ4v) is 2.98. The van der Waals surface area contributed by atoms with E-state index in [4.69, 9.17) is 15.0 Å². The molecule has 0 amide bonds. The monoisotopic (exact) mass is 438 g/mol. The standard InChI is InChI=1S/C20H15BrN4O3/c1-27-20(26)16-11-17(21)23-18(19(16)24-25-22)14-7-9-15(10-8-14)28-12-13-5-3-2-4-6-13/h2-11H,12H2,1H3. The summed E-state index contributed by atoms with van der Waals surface area (Å²) < 4.78 is 11.0. The van der Waals surface area contributed by atoms with Gasteiger partial charge in [0.15, 0.2) is 0 Å². The molecule has 2 aromatic carbocycles. The van der Waals surface area contributed by atoms with Crippen LogP contribution in [0.15, 0.2) is 70.4 Å². The van der Waals surface area contributed by atoms with Gasteiger partial charge in [0.05, 0.1) is 24.1 Å². The Kier molecular flexibility index (Phi) is 6.26. The molecule has 1 heterocycles. The average molecular weight is 439 g/mol. The summed E-state index contributed by atoms with van der Waals surface area (Å²) in [6.45, 7) is 0.450. The van der Waals surface area contributed by atoms with Gasteiger partial charge in [-0.3, -0.25) is 0 Å². The van der Waals surface area contributed by atoms with Gasteiger partial charge in [-0.05, 0) is 57.4 Å². The van der Waals surface area contributed by atoms with Crippen LogP contribution in [0.3, 0.4) is 0 Å². The number of nitrogens with zero attached hydrogens (tertiary/aromatic N) is 4. The SMILES string of the molecule is COC(=O)c1cc(Br)nc(-c2ccc(OCc3ccccc3)cc2)c1N=[N+]=[N-]. The lowest BCUT2D eigenvalue weighted by molar-refractivity contribution is 0.0601. The number of rotatable bonds is 6. The molecule has 3 rings (SSSR count). The Morgan fingerprint density at radius 2 is 1.89 bits per heavy atom. The van der Waals surface area contributed by atoms with E-state index in [0.29, 0.717) is 28.2 Å². The number of benzene rings is 2. The van der Waals surface area contributed by atoms with Gasteiger partial charge in [-0.25, -0.2) is 9.78 Å². The molecular weight excluding hydrogens is 424 g/mol. The number of ether oxygens (including phenoxy) is 2. The highest BCUT2D eigenvalue weighted by molar-refractivity contribution is 9.10. The number of azide groups is 1. The second kappa shape index (κ2) is 9.03. The predicted molar refractivity (Wildman–Crippen MR) is 108 cm³/mol. The number of carbonyl (C=O) groups is 1. The van der Waals surface area contributed by atoms with Crippen LogP contribution in [0, 0.1) is 0 Å². The summed E-state index contributed by atoms with van der Waals surface area (Å²) in [7, 11) is 1.26. The fourth-order valence-electron chi connectivity index (χ4n) is 2.57. The van der Waals surface area contributed by atoms with E-state index in [0.717, 1.165) is 5.56 Å². The molecule has 0 saturated carbocycles. The number of halogens is 1. The van der Waals surface area contributed by atoms with Crippen molar-refractivity contribution >= 4 is 27.6 Å². The first-order valence-electron chi connectivity index (χ1n) is 8.23. The van der Waals surface area contributed by atoms with Crippen LogP contribution < -0.4 is 4.74 Å². The molecule has 0 aliphatic heterocycles. The lowest BCUT2D eigenvalue weighted by Gasteiger charge is -2.11. The third kappa shape index (κ3) is 4.49. The van der Waals surface area contributed by atoms with Crippen LogP contribution in [-0.2, 0) is 11.3 Å². The van der Waals surface area contributed by atoms with Gasteiger partial charge in [0, 0.05) is 10.5 Å². The summed E-state index contributed by atoms with van der Waals surface area (Å²) in [6.07, 6.45) is 0. The van der Waals surface area contributed by atoms with Gasteiger partial charge in [0.1, 0.15) is 17.0 Å². The van der Waals surface area contributed by atoms with E-state index in [2.05, 4.69) is 30.9 Å². The molecule has 0 bridgehead atoms. The first-order chi connectivity index (χ1) is 13.6. The van der Waals surface area contributed by atoms with Crippen molar-refractivity contribution in [1.82, 2.24) is 4.98 Å². The Bertz CT molecular complexity index is 1030. The van der Waals surface area contributed by atoms with Crippen molar-refractivity contribution in [3.8, 4) is 17.0 Å². The number of carbonyl (C=O) groups excluding carboxylic acids is 1. The number of pyridine rings is 1. The van der Waals surface area contributed by atoms with Crippen LogP contribution in [0.1, 0.15) is 15.9 Å². The summed E-state index contributed by atoms with van der Waals surface area (Å²) in [5, 5.41) is 3.66. The summed E-state index contributed by atoms with van der Waals surface area (Å²) >= 11 is 3.28. The molecule has 7 nitrogen and oxygen atoms in total. The maximum absolute atomic E-state index is 12.0. The Morgan fingerprint density at radius 1 is 1.18 bits per heavy atom. The van der Waals surface area contributed by atoms with Crippen molar-refractivity contribution < 1.29 is 14.3 Å². The topological polar surface area (TPSA) is 97.2 Å². The minimum Gasteiger partial charge on any atom is -0.489 e. The summed E-state index contributed by atoms with van der Waals surface area (Å²) in [5.41, 5.74) is 11.2. The molecule has 140 valence electrons. The van der Waals surface area contributed by atoms with Gasteiger partial charge in [0.25, 0.3) is 0 Å². The average Bonchev–Trinajstić information content (AvgIpc) is 2.74. The first kappa shape index (κ1) is 19.4. The molecule has 1 aromatic heterocycles. The minimum absolute atomic E-state index is 0.107. The van der Waals surface area contributed by atoms with Crippen LogP contribution in [0.5, 0.6) is 5.75 Å². The second-order valence-electron chi connectivity index (χ2n) is 5.67. The van der Waals surface area contributed by atoms with Crippen molar-refractivity contribution in [2.45, 2.75) is 6.61 Å². The predicted octanol–water partition coefficient (Wildman–Crippen LogP) is 5.82. The number of hydrogen-bond donors (Lipinski definition) is 0. The van der Waals surface area contributed by atoms with Gasteiger partial charge in [-0.1, -0.05) is 35.4 Å². The zero-order valence-electron chi connectivity index (χ0n) is 14.9. The molecule has 0 aliphatic carbocycles. The van der Waals surface area contributed by atoms with Crippen LogP contribution >= 0.6 is 15.9 Å². The zero-order chi connectivity index (χ0) is 19.9. The summed E-state index contributed by atoms with van der Waals surface area (Å²) in [6, 6.07) is 18.4. The van der Waals surface area contributed by atoms with Crippen molar-refractivity contribution in [2.24, 2.45) is 5.11 Å². The molecular formula is C20H15BrN4O3. The Balaban J connectivity index is 1.91. The van der Waals surface area contributed by atoms with Crippen molar-refractivity contribution in [3.05, 3.63) is 86.8 Å². The van der Waals surface area contributed by atoms with Gasteiger partial charge >= 0.3 is 5.97 Å². The molecule has 0 N–H and O–H groups in total. The van der Waals surface area contributed by atoms with Gasteiger partial charge in [-0.2, -0.15) is 0 Å². The number of methoxy groups -OCH3 is 1. The van der Waals surface area contributed by atoms with Gasteiger partial charge in [-0.15, -0.1) is 0 Å². The van der Waals surface area contributed by atoms with E-state index < -0.39 is 5.97 Å². The smallest absolute Gasteiger partial charge is 0.338 e. The fraction of sp³-hybridized carbons (Fsp3) is 0.100. The van der Waals surface area contributed by atoms with E-state index in [9.17, 15) is 4.79 Å². The van der Waals surface area contributed by atoms with Crippen LogP contribution in [0.2, 0.25) is 0 Å². The largest absolute Gasteiger partial charge is 0.489 e. The Hall–Kier alpha value is -3.35. The van der Waals surface area contributed by atoms with E-state index in [1.807, 2.05) is 30.3 Å². The van der Waals surface area contributed by atoms with Crippen LogP contribution in [-0.4, -0.2) is 18.1 Å². The lowest BCUT2D eigenvalue weighted by atomic mass is 10.1. The molecule has 0 spiro atoms. The number of aromatic nitrogens is 1. The van der Waals surface area contributed by atoms with Gasteiger partial charge < -0.3 is 9.47 Å². The van der Waals surface area contributed by atoms with Crippen molar-refractivity contribution in [2.75, 3.05) is 7.11 Å². The number of hydrogen-bond acceptors (Lipinski definition) is 5. The molecule has 0 radical (unpaired) electrons. The molecule has 8 heteroatoms. The molecule has 0 fully saturated rings. The maximum Gasteiger partial charge on any atom is 0.338 e. The van der Waals surface area contributed by atoms with E-state index in [-0.39, 0.29) is 11.3 Å². The highest BCUT2D eigenvalue weighted by atomic mass is 79.9. The van der Waals surface area contributed by atoms with E-state index in [1.165, 1.54) is 13.2 Å². The number of esters is 1. The Labute approximate surface area is 169 Å². The van der Waals surface area contributed by atoms with Gasteiger partial charge in [0.2, 0.25) is 0 Å². The van der Waals surface area contributed by atoms with Crippen LogP contribution in [0.4, 0.5) is 5.69 Å². The third-order valence-corrected chi connectivity index (χ3v) is 4.29. The second-order valence-corrected chi connectivity index (χ2v) is 6.48. The highest BCUT2D eigenvalue weighted by Crippen LogP contribution is 2.35. The summed E-state index contributed by atoms with van der Waals surface area (Å²) in [4.78, 5) is 19.2. The first-order valence-corrected chi connectivity index (χ1v) is 9.03. The normalized spacial score (nSPS) is 10.1. The molecule has 3 aromatic rings. The minimum atomic E-state index is -0.616. The molecule has 0 unspecified atom stereocenters.